The van der Waals surface area contributed by atoms with E-state index < -0.39 is 23.7 Å². The average Bonchev–Trinajstić information content (AvgIpc) is 2.79. The molecule has 170 valence electrons. The highest BCUT2D eigenvalue weighted by Gasteiger charge is 2.44. The maximum atomic E-state index is 12.8. The van der Waals surface area contributed by atoms with E-state index in [1.54, 1.807) is 24.3 Å². The second kappa shape index (κ2) is 10.8. The normalized spacial score (nSPS) is 17.7. The summed E-state index contributed by atoms with van der Waals surface area (Å²) in [4.78, 5) is 37.7. The molecule has 1 aliphatic heterocycles. The Bertz CT molecular complexity index is 1180. The van der Waals surface area contributed by atoms with Crippen LogP contribution < -0.4 is 10.6 Å². The molecule has 0 aliphatic carbocycles. The van der Waals surface area contributed by atoms with Crippen molar-refractivity contribution in [3.8, 4) is 6.07 Å². The summed E-state index contributed by atoms with van der Waals surface area (Å²) in [6.45, 7) is 1.91. The molecule has 0 saturated carbocycles. The quantitative estimate of drug-likeness (QED) is 0.446. The Balaban J connectivity index is 1.87. The van der Waals surface area contributed by atoms with Crippen LogP contribution >= 0.6 is 35.0 Å². The van der Waals surface area contributed by atoms with Crippen LogP contribution in [0.1, 0.15) is 17.0 Å². The van der Waals surface area contributed by atoms with Crippen molar-refractivity contribution in [3.63, 3.8) is 0 Å². The van der Waals surface area contributed by atoms with Crippen LogP contribution in [0.5, 0.6) is 0 Å². The number of hydrogen-bond donors (Lipinski definition) is 2. The molecule has 2 aromatic carbocycles. The zero-order valence-corrected chi connectivity index (χ0v) is 20.0. The molecule has 3 rings (SSSR count). The summed E-state index contributed by atoms with van der Waals surface area (Å²) in [5, 5.41) is 16.1. The number of nitriles is 1. The first-order chi connectivity index (χ1) is 15.7. The Morgan fingerprint density at radius 3 is 2.48 bits per heavy atom. The summed E-state index contributed by atoms with van der Waals surface area (Å²) in [7, 11) is 1.19. The summed E-state index contributed by atoms with van der Waals surface area (Å²) >= 11 is 12.8. The Hall–Kier alpha value is -2.99. The van der Waals surface area contributed by atoms with Gasteiger partial charge in [0.05, 0.1) is 39.6 Å². The minimum absolute atomic E-state index is 0.0927. The van der Waals surface area contributed by atoms with Gasteiger partial charge in [0.15, 0.2) is 0 Å². The van der Waals surface area contributed by atoms with Crippen LogP contribution in [-0.4, -0.2) is 30.6 Å². The van der Waals surface area contributed by atoms with Crippen molar-refractivity contribution in [3.05, 3.63) is 74.2 Å². The molecular formula is C23H19Cl2N3O4S. The van der Waals surface area contributed by atoms with Gasteiger partial charge in [-0.2, -0.15) is 5.26 Å². The molecule has 0 saturated heterocycles. The predicted molar refractivity (Wildman–Crippen MR) is 128 cm³/mol. The number of carbonyl (C=O) groups is 3. The van der Waals surface area contributed by atoms with Crippen LogP contribution in [0.15, 0.2) is 53.1 Å². The number of benzene rings is 2. The number of aryl methyl sites for hydroxylation is 1. The van der Waals surface area contributed by atoms with E-state index in [2.05, 4.69) is 16.7 Å². The van der Waals surface area contributed by atoms with Crippen LogP contribution in [0, 0.1) is 24.2 Å². The van der Waals surface area contributed by atoms with Crippen molar-refractivity contribution in [1.29, 1.82) is 5.26 Å². The van der Waals surface area contributed by atoms with Crippen molar-refractivity contribution in [2.75, 3.05) is 18.2 Å². The Morgan fingerprint density at radius 1 is 1.18 bits per heavy atom. The van der Waals surface area contributed by atoms with Gasteiger partial charge in [-0.1, -0.05) is 64.8 Å². The van der Waals surface area contributed by atoms with Gasteiger partial charge in [-0.05, 0) is 30.7 Å². The highest BCUT2D eigenvalue weighted by molar-refractivity contribution is 8.03. The maximum absolute atomic E-state index is 12.8. The van der Waals surface area contributed by atoms with E-state index >= 15 is 0 Å². The fourth-order valence-electron chi connectivity index (χ4n) is 3.36. The zero-order chi connectivity index (χ0) is 24.1. The highest BCUT2D eigenvalue weighted by atomic mass is 35.5. The number of nitrogens with one attached hydrogen (secondary N) is 2. The van der Waals surface area contributed by atoms with Crippen LogP contribution in [0.2, 0.25) is 10.0 Å². The SMILES string of the molecule is COC(=O)[C@@H]1C(=O)NC(SCC(=O)Nc2ccc(Cl)c(Cl)c2)=C(C#N)[C@@H]1c1ccc(C)cc1. The number of rotatable bonds is 6. The number of anilines is 1. The topological polar surface area (TPSA) is 108 Å². The summed E-state index contributed by atoms with van der Waals surface area (Å²) in [6, 6.07) is 14.0. The first-order valence-corrected chi connectivity index (χ1v) is 11.5. The number of hydrogen-bond acceptors (Lipinski definition) is 6. The number of nitrogens with zero attached hydrogens (tertiary/aromatic N) is 1. The number of halogens is 2. The largest absolute Gasteiger partial charge is 0.468 e. The van der Waals surface area contributed by atoms with Crippen molar-refractivity contribution >= 4 is 58.4 Å². The minimum Gasteiger partial charge on any atom is -0.468 e. The number of thioether (sulfide) groups is 1. The molecule has 10 heteroatoms. The lowest BCUT2D eigenvalue weighted by Crippen LogP contribution is -2.44. The molecule has 2 atom stereocenters. The molecule has 0 spiro atoms. The fourth-order valence-corrected chi connectivity index (χ4v) is 4.51. The molecule has 2 aromatic rings. The summed E-state index contributed by atoms with van der Waals surface area (Å²) in [5.41, 5.74) is 2.26. The van der Waals surface area contributed by atoms with Crippen LogP contribution in [0.25, 0.3) is 0 Å². The van der Waals surface area contributed by atoms with Gasteiger partial charge in [0.2, 0.25) is 11.8 Å². The minimum atomic E-state index is -1.22. The second-order valence-corrected chi connectivity index (χ2v) is 9.00. The average molecular weight is 504 g/mol. The molecule has 2 N–H and O–H groups in total. The number of methoxy groups -OCH3 is 1. The van der Waals surface area contributed by atoms with E-state index in [4.69, 9.17) is 27.9 Å². The molecule has 0 radical (unpaired) electrons. The molecule has 0 unspecified atom stereocenters. The van der Waals surface area contributed by atoms with Gasteiger partial charge in [0.25, 0.3) is 0 Å². The number of amides is 2. The molecule has 7 nitrogen and oxygen atoms in total. The number of allylic oxidation sites excluding steroid dienone is 1. The molecule has 1 aliphatic rings. The highest BCUT2D eigenvalue weighted by Crippen LogP contribution is 2.40. The Morgan fingerprint density at radius 2 is 1.88 bits per heavy atom. The third-order valence-electron chi connectivity index (χ3n) is 4.97. The van der Waals surface area contributed by atoms with Gasteiger partial charge >= 0.3 is 5.97 Å². The van der Waals surface area contributed by atoms with E-state index in [1.807, 2.05) is 19.1 Å². The van der Waals surface area contributed by atoms with E-state index in [1.165, 1.54) is 13.2 Å². The molecule has 0 fully saturated rings. The van der Waals surface area contributed by atoms with Crippen molar-refractivity contribution in [1.82, 2.24) is 5.32 Å². The smallest absolute Gasteiger partial charge is 0.319 e. The zero-order valence-electron chi connectivity index (χ0n) is 17.6. The first kappa shape index (κ1) is 24.6. The van der Waals surface area contributed by atoms with Gasteiger partial charge in [0.1, 0.15) is 5.92 Å². The standard InChI is InChI=1S/C23H19Cl2N3O4S/c1-12-3-5-13(6-4-12)19-15(10-26)22(28-21(30)20(19)23(31)32-2)33-11-18(29)27-14-7-8-16(24)17(25)9-14/h3-9,19-20H,11H2,1-2H3,(H,27,29)(H,28,30)/t19-,20-/m0/s1. The van der Waals surface area contributed by atoms with Gasteiger partial charge in [0, 0.05) is 11.6 Å². The third kappa shape index (κ3) is 5.69. The van der Waals surface area contributed by atoms with E-state index in [0.717, 1.165) is 17.3 Å². The number of esters is 1. The third-order valence-corrected chi connectivity index (χ3v) is 6.73. The van der Waals surface area contributed by atoms with Crippen LogP contribution in [-0.2, 0) is 19.1 Å². The van der Waals surface area contributed by atoms with E-state index in [9.17, 15) is 19.6 Å². The van der Waals surface area contributed by atoms with Gasteiger partial charge in [-0.15, -0.1) is 0 Å². The van der Waals surface area contributed by atoms with E-state index in [-0.39, 0.29) is 22.3 Å². The molecular weight excluding hydrogens is 485 g/mol. The summed E-state index contributed by atoms with van der Waals surface area (Å²) in [5.74, 6) is -3.87. The Labute approximate surface area is 205 Å². The van der Waals surface area contributed by atoms with E-state index in [0.29, 0.717) is 21.3 Å². The van der Waals surface area contributed by atoms with Crippen molar-refractivity contribution in [2.45, 2.75) is 12.8 Å². The summed E-state index contributed by atoms with van der Waals surface area (Å²) < 4.78 is 4.82. The lowest BCUT2D eigenvalue weighted by molar-refractivity contribution is -0.150. The van der Waals surface area contributed by atoms with Gasteiger partial charge in [-0.3, -0.25) is 14.4 Å². The molecule has 0 bridgehead atoms. The Kier molecular flexibility index (Phi) is 8.03. The number of carbonyl (C=O) groups excluding carboxylic acids is 3. The molecule has 33 heavy (non-hydrogen) atoms. The fraction of sp³-hybridized carbons (Fsp3) is 0.217. The lowest BCUT2D eigenvalue weighted by Gasteiger charge is -2.31. The predicted octanol–water partition coefficient (Wildman–Crippen LogP) is 4.41. The molecule has 1 heterocycles. The van der Waals surface area contributed by atoms with Gasteiger partial charge < -0.3 is 15.4 Å². The lowest BCUT2D eigenvalue weighted by atomic mass is 9.78. The summed E-state index contributed by atoms with van der Waals surface area (Å²) in [6.07, 6.45) is 0. The van der Waals surface area contributed by atoms with Gasteiger partial charge in [-0.25, -0.2) is 0 Å². The molecule has 2 amide bonds. The molecule has 0 aromatic heterocycles. The second-order valence-electron chi connectivity index (χ2n) is 7.20. The van der Waals surface area contributed by atoms with Crippen LogP contribution in [0.4, 0.5) is 5.69 Å². The van der Waals surface area contributed by atoms with Crippen molar-refractivity contribution < 1.29 is 19.1 Å². The van der Waals surface area contributed by atoms with Crippen LogP contribution in [0.3, 0.4) is 0 Å². The first-order valence-electron chi connectivity index (χ1n) is 9.72. The monoisotopic (exact) mass is 503 g/mol. The number of ether oxygens (including phenoxy) is 1. The maximum Gasteiger partial charge on any atom is 0.319 e. The van der Waals surface area contributed by atoms with Crippen molar-refractivity contribution in [2.24, 2.45) is 5.92 Å².